The van der Waals surface area contributed by atoms with E-state index in [1.54, 1.807) is 12.1 Å². The minimum Gasteiger partial charge on any atom is -0.457 e. The summed E-state index contributed by atoms with van der Waals surface area (Å²) in [6.07, 6.45) is 0. The van der Waals surface area contributed by atoms with E-state index in [0.717, 1.165) is 16.9 Å². The first kappa shape index (κ1) is 13.9. The second kappa shape index (κ2) is 5.64. The second-order valence-corrected chi connectivity index (χ2v) is 5.13. The fourth-order valence-corrected chi connectivity index (χ4v) is 2.18. The lowest BCUT2D eigenvalue weighted by Gasteiger charge is -2.13. The largest absolute Gasteiger partial charge is 0.457 e. The number of halogens is 1. The molecule has 0 heterocycles. The summed E-state index contributed by atoms with van der Waals surface area (Å²) in [5.41, 5.74) is 4.18. The van der Waals surface area contributed by atoms with Gasteiger partial charge in [-0.1, -0.05) is 23.7 Å². The van der Waals surface area contributed by atoms with Crippen molar-refractivity contribution in [2.75, 3.05) is 0 Å². The highest BCUT2D eigenvalue weighted by molar-refractivity contribution is 6.31. The van der Waals surface area contributed by atoms with Crippen LogP contribution in [0.3, 0.4) is 0 Å². The molecule has 2 aromatic carbocycles. The Kier molecular flexibility index (Phi) is 4.13. The summed E-state index contributed by atoms with van der Waals surface area (Å²) in [5.74, 6) is 1.51. The molecule has 1 N–H and O–H groups in total. The predicted octanol–water partition coefficient (Wildman–Crippen LogP) is 4.55. The van der Waals surface area contributed by atoms with Gasteiger partial charge in [0, 0.05) is 5.02 Å². The zero-order valence-corrected chi connectivity index (χ0v) is 12.1. The van der Waals surface area contributed by atoms with Gasteiger partial charge in [0.25, 0.3) is 0 Å². The lowest BCUT2D eigenvalue weighted by atomic mass is 10.1. The van der Waals surface area contributed by atoms with Crippen LogP contribution in [0.25, 0.3) is 0 Å². The molecule has 0 fully saturated rings. The lowest BCUT2D eigenvalue weighted by Crippen LogP contribution is -1.93. The van der Waals surface area contributed by atoms with Gasteiger partial charge >= 0.3 is 0 Å². The zero-order valence-electron chi connectivity index (χ0n) is 11.3. The maximum absolute atomic E-state index is 9.09. The highest BCUT2D eigenvalue weighted by Gasteiger charge is 2.07. The van der Waals surface area contributed by atoms with Gasteiger partial charge in [-0.05, 0) is 61.2 Å². The van der Waals surface area contributed by atoms with Gasteiger partial charge in [0.05, 0.1) is 6.61 Å². The molecule has 0 aliphatic heterocycles. The third kappa shape index (κ3) is 3.09. The summed E-state index contributed by atoms with van der Waals surface area (Å²) in [7, 11) is 0. The van der Waals surface area contributed by atoms with Crippen molar-refractivity contribution in [3.63, 3.8) is 0 Å². The van der Waals surface area contributed by atoms with Gasteiger partial charge in [-0.25, -0.2) is 0 Å². The van der Waals surface area contributed by atoms with E-state index in [1.165, 1.54) is 5.56 Å². The van der Waals surface area contributed by atoms with E-state index < -0.39 is 0 Å². The van der Waals surface area contributed by atoms with E-state index in [0.29, 0.717) is 16.3 Å². The van der Waals surface area contributed by atoms with Crippen molar-refractivity contribution in [1.29, 1.82) is 0 Å². The Labute approximate surface area is 118 Å². The molecule has 0 radical (unpaired) electrons. The van der Waals surface area contributed by atoms with Crippen molar-refractivity contribution in [3.8, 4) is 11.5 Å². The van der Waals surface area contributed by atoms with Crippen LogP contribution in [0.2, 0.25) is 5.02 Å². The van der Waals surface area contributed by atoms with Crippen LogP contribution in [-0.2, 0) is 6.61 Å². The Bertz CT molecular complexity index is 606. The summed E-state index contributed by atoms with van der Waals surface area (Å²) in [4.78, 5) is 0. The molecular weight excluding hydrogens is 260 g/mol. The standard InChI is InChI=1S/C16H17ClO2/c1-10-6-11(2)12(3)16(7-10)19-14-5-4-13(9-18)15(17)8-14/h4-8,18H,9H2,1-3H3. The van der Waals surface area contributed by atoms with E-state index in [9.17, 15) is 0 Å². The van der Waals surface area contributed by atoms with Gasteiger partial charge in [0.15, 0.2) is 0 Å². The Morgan fingerprint density at radius 2 is 1.84 bits per heavy atom. The fraction of sp³-hybridized carbons (Fsp3) is 0.250. The Morgan fingerprint density at radius 3 is 2.47 bits per heavy atom. The van der Waals surface area contributed by atoms with E-state index >= 15 is 0 Å². The summed E-state index contributed by atoms with van der Waals surface area (Å²) >= 11 is 6.06. The first-order valence-electron chi connectivity index (χ1n) is 6.16. The number of aliphatic hydroxyl groups is 1. The van der Waals surface area contributed by atoms with Crippen LogP contribution in [0.1, 0.15) is 22.3 Å². The maximum Gasteiger partial charge on any atom is 0.130 e. The first-order chi connectivity index (χ1) is 9.01. The minimum absolute atomic E-state index is 0.0678. The van der Waals surface area contributed by atoms with E-state index in [-0.39, 0.29) is 6.61 Å². The maximum atomic E-state index is 9.09. The summed E-state index contributed by atoms with van der Waals surface area (Å²) in [6.45, 7) is 6.08. The molecular formula is C16H17ClO2. The van der Waals surface area contributed by atoms with Gasteiger partial charge in [-0.15, -0.1) is 0 Å². The van der Waals surface area contributed by atoms with Crippen LogP contribution in [0.4, 0.5) is 0 Å². The first-order valence-corrected chi connectivity index (χ1v) is 6.54. The Hall–Kier alpha value is -1.51. The lowest BCUT2D eigenvalue weighted by molar-refractivity contribution is 0.282. The third-order valence-corrected chi connectivity index (χ3v) is 3.54. The molecule has 3 heteroatoms. The number of benzene rings is 2. The van der Waals surface area contributed by atoms with E-state index in [1.807, 2.05) is 26.0 Å². The molecule has 2 nitrogen and oxygen atoms in total. The van der Waals surface area contributed by atoms with Crippen molar-refractivity contribution in [2.45, 2.75) is 27.4 Å². The SMILES string of the molecule is Cc1cc(C)c(C)c(Oc2ccc(CO)c(Cl)c2)c1. The zero-order chi connectivity index (χ0) is 14.0. The van der Waals surface area contributed by atoms with Crippen LogP contribution < -0.4 is 4.74 Å². The number of hydrogen-bond acceptors (Lipinski definition) is 2. The molecule has 2 aromatic rings. The third-order valence-electron chi connectivity index (χ3n) is 3.19. The van der Waals surface area contributed by atoms with E-state index in [4.69, 9.17) is 21.4 Å². The van der Waals surface area contributed by atoms with Crippen LogP contribution >= 0.6 is 11.6 Å². The predicted molar refractivity (Wildman–Crippen MR) is 78.1 cm³/mol. The molecule has 19 heavy (non-hydrogen) atoms. The average Bonchev–Trinajstić information content (AvgIpc) is 2.35. The normalized spacial score (nSPS) is 10.6. The van der Waals surface area contributed by atoms with Crippen molar-refractivity contribution in [1.82, 2.24) is 0 Å². The second-order valence-electron chi connectivity index (χ2n) is 4.72. The molecule has 0 bridgehead atoms. The topological polar surface area (TPSA) is 29.5 Å². The molecule has 0 aliphatic rings. The molecule has 0 saturated carbocycles. The quantitative estimate of drug-likeness (QED) is 0.891. The van der Waals surface area contributed by atoms with Crippen LogP contribution in [0, 0.1) is 20.8 Å². The molecule has 0 aromatic heterocycles. The Morgan fingerprint density at radius 1 is 1.11 bits per heavy atom. The molecule has 0 atom stereocenters. The van der Waals surface area contributed by atoms with Crippen molar-refractivity contribution >= 4 is 11.6 Å². The molecule has 0 unspecified atom stereocenters. The Balaban J connectivity index is 2.33. The number of aryl methyl sites for hydroxylation is 2. The number of hydrogen-bond donors (Lipinski definition) is 1. The summed E-state index contributed by atoms with van der Waals surface area (Å²) < 4.78 is 5.89. The fourth-order valence-electron chi connectivity index (χ4n) is 1.95. The summed E-state index contributed by atoms with van der Waals surface area (Å²) in [5, 5.41) is 9.61. The van der Waals surface area contributed by atoms with Gasteiger partial charge in [0.2, 0.25) is 0 Å². The number of ether oxygens (including phenoxy) is 1. The van der Waals surface area contributed by atoms with Gasteiger partial charge in [-0.3, -0.25) is 0 Å². The molecule has 0 amide bonds. The highest BCUT2D eigenvalue weighted by Crippen LogP contribution is 2.30. The molecule has 100 valence electrons. The van der Waals surface area contributed by atoms with Crippen LogP contribution in [0.5, 0.6) is 11.5 Å². The molecule has 0 spiro atoms. The van der Waals surface area contributed by atoms with Crippen molar-refractivity contribution in [3.05, 3.63) is 57.6 Å². The highest BCUT2D eigenvalue weighted by atomic mass is 35.5. The van der Waals surface area contributed by atoms with Crippen LogP contribution in [0.15, 0.2) is 30.3 Å². The monoisotopic (exact) mass is 276 g/mol. The van der Waals surface area contributed by atoms with E-state index in [2.05, 4.69) is 13.0 Å². The van der Waals surface area contributed by atoms with Gasteiger partial charge in [-0.2, -0.15) is 0 Å². The van der Waals surface area contributed by atoms with Gasteiger partial charge in [0.1, 0.15) is 11.5 Å². The molecule has 0 aliphatic carbocycles. The average molecular weight is 277 g/mol. The molecule has 0 saturated heterocycles. The van der Waals surface area contributed by atoms with Crippen molar-refractivity contribution < 1.29 is 9.84 Å². The molecule has 2 rings (SSSR count). The van der Waals surface area contributed by atoms with Crippen LogP contribution in [-0.4, -0.2) is 5.11 Å². The smallest absolute Gasteiger partial charge is 0.130 e. The van der Waals surface area contributed by atoms with Crippen molar-refractivity contribution in [2.24, 2.45) is 0 Å². The van der Waals surface area contributed by atoms with Gasteiger partial charge < -0.3 is 9.84 Å². The number of aliphatic hydroxyl groups excluding tert-OH is 1. The summed E-state index contributed by atoms with van der Waals surface area (Å²) in [6, 6.07) is 9.45. The minimum atomic E-state index is -0.0678. The number of rotatable bonds is 3.